The summed E-state index contributed by atoms with van der Waals surface area (Å²) in [5.74, 6) is 0.232. The highest BCUT2D eigenvalue weighted by Gasteiger charge is 2.39. The van der Waals surface area contributed by atoms with Crippen LogP contribution in [0.4, 0.5) is 0 Å². The van der Waals surface area contributed by atoms with E-state index in [1.165, 1.54) is 23.8 Å². The molecule has 0 saturated carbocycles. The van der Waals surface area contributed by atoms with Crippen LogP contribution >= 0.6 is 0 Å². The highest BCUT2D eigenvalue weighted by atomic mass is 16.5. The molecule has 1 aliphatic rings. The van der Waals surface area contributed by atoms with E-state index in [1.54, 1.807) is 0 Å². The van der Waals surface area contributed by atoms with Crippen molar-refractivity contribution in [1.29, 1.82) is 0 Å². The number of hydrogen-bond donors (Lipinski definition) is 0. The second kappa shape index (κ2) is 7.44. The van der Waals surface area contributed by atoms with Crippen LogP contribution in [0, 0.1) is 11.8 Å². The Morgan fingerprint density at radius 1 is 1.27 bits per heavy atom. The summed E-state index contributed by atoms with van der Waals surface area (Å²) >= 11 is 0. The first-order chi connectivity index (χ1) is 10.5. The number of allylic oxidation sites excluding steroid dienone is 4. The Morgan fingerprint density at radius 2 is 1.95 bits per heavy atom. The molecule has 3 atom stereocenters. The van der Waals surface area contributed by atoms with Gasteiger partial charge in [-0.2, -0.15) is 0 Å². The molecular formula is C20H26O2. The molecule has 0 N–H and O–H groups in total. The monoisotopic (exact) mass is 298 g/mol. The average Bonchev–Trinajstić information content (AvgIpc) is 2.53. The van der Waals surface area contributed by atoms with Crippen molar-refractivity contribution in [2.75, 3.05) is 7.11 Å². The molecule has 1 aromatic carbocycles. The van der Waals surface area contributed by atoms with Crippen molar-refractivity contribution in [2.24, 2.45) is 11.8 Å². The predicted molar refractivity (Wildman–Crippen MR) is 90.6 cm³/mol. The Kier molecular flexibility index (Phi) is 5.59. The van der Waals surface area contributed by atoms with Crippen molar-refractivity contribution < 1.29 is 9.53 Å². The molecule has 2 rings (SSSR count). The lowest BCUT2D eigenvalue weighted by Gasteiger charge is -2.36. The van der Waals surface area contributed by atoms with Gasteiger partial charge in [-0.05, 0) is 45.1 Å². The van der Waals surface area contributed by atoms with Crippen LogP contribution in [-0.2, 0) is 9.53 Å². The number of ether oxygens (including phenoxy) is 1. The quantitative estimate of drug-likeness (QED) is 0.585. The second-order valence-electron chi connectivity index (χ2n) is 6.37. The topological polar surface area (TPSA) is 26.3 Å². The fourth-order valence-corrected chi connectivity index (χ4v) is 3.38. The number of carbonyl (C=O) groups is 1. The molecular weight excluding hydrogens is 272 g/mol. The molecule has 0 radical (unpaired) electrons. The van der Waals surface area contributed by atoms with E-state index in [0.717, 1.165) is 12.8 Å². The number of esters is 1. The van der Waals surface area contributed by atoms with E-state index in [0.29, 0.717) is 0 Å². The van der Waals surface area contributed by atoms with Gasteiger partial charge in [0.15, 0.2) is 0 Å². The maximum absolute atomic E-state index is 12.5. The zero-order valence-corrected chi connectivity index (χ0v) is 14.0. The zero-order valence-electron chi connectivity index (χ0n) is 14.0. The Hall–Kier alpha value is -1.83. The van der Waals surface area contributed by atoms with Crippen LogP contribution in [-0.4, -0.2) is 13.1 Å². The molecule has 118 valence electrons. The molecule has 0 aromatic heterocycles. The van der Waals surface area contributed by atoms with Crippen molar-refractivity contribution in [2.45, 2.75) is 39.5 Å². The zero-order chi connectivity index (χ0) is 16.1. The van der Waals surface area contributed by atoms with Gasteiger partial charge < -0.3 is 4.74 Å². The summed E-state index contributed by atoms with van der Waals surface area (Å²) in [4.78, 5) is 12.5. The lowest BCUT2D eigenvalue weighted by Crippen LogP contribution is -2.34. The van der Waals surface area contributed by atoms with Crippen molar-refractivity contribution in [3.8, 4) is 0 Å². The van der Waals surface area contributed by atoms with Gasteiger partial charge in [0.25, 0.3) is 0 Å². The fraction of sp³-hybridized carbons (Fsp3) is 0.450. The average molecular weight is 298 g/mol. The Labute approximate surface area is 133 Å². The van der Waals surface area contributed by atoms with E-state index in [4.69, 9.17) is 4.74 Å². The van der Waals surface area contributed by atoms with Crippen LogP contribution in [0.3, 0.4) is 0 Å². The summed E-state index contributed by atoms with van der Waals surface area (Å²) in [6.07, 6.45) is 6.32. The first-order valence-electron chi connectivity index (χ1n) is 7.97. The lowest BCUT2D eigenvalue weighted by molar-refractivity contribution is -0.148. The highest BCUT2D eigenvalue weighted by molar-refractivity contribution is 5.75. The standard InChI is InChI=1S/C20H26O2/c1-14(2)10-12-17-15(3)11-13-18(19(17)20(21)22-4)16-8-6-5-7-9-16/h5-11,17-19H,12-13H2,1-4H3/t17-,18+,19-/m1/s1. The SMILES string of the molecule is COC(=O)[C@@H]1[C@H](CC=C(C)C)C(C)=CC[C@H]1c1ccccc1. The van der Waals surface area contributed by atoms with Gasteiger partial charge in [0, 0.05) is 5.92 Å². The molecule has 22 heavy (non-hydrogen) atoms. The van der Waals surface area contributed by atoms with Crippen LogP contribution in [0.2, 0.25) is 0 Å². The maximum Gasteiger partial charge on any atom is 0.309 e. The first-order valence-corrected chi connectivity index (χ1v) is 7.97. The van der Waals surface area contributed by atoms with Gasteiger partial charge in [-0.3, -0.25) is 4.79 Å². The van der Waals surface area contributed by atoms with E-state index >= 15 is 0 Å². The molecule has 0 unspecified atom stereocenters. The Balaban J connectivity index is 2.38. The van der Waals surface area contributed by atoms with Gasteiger partial charge in [0.2, 0.25) is 0 Å². The molecule has 1 aliphatic carbocycles. The van der Waals surface area contributed by atoms with Crippen molar-refractivity contribution in [3.63, 3.8) is 0 Å². The van der Waals surface area contributed by atoms with Crippen molar-refractivity contribution >= 4 is 5.97 Å². The minimum Gasteiger partial charge on any atom is -0.469 e. The van der Waals surface area contributed by atoms with Gasteiger partial charge in [-0.1, -0.05) is 53.6 Å². The smallest absolute Gasteiger partial charge is 0.309 e. The number of hydrogen-bond acceptors (Lipinski definition) is 2. The fourth-order valence-electron chi connectivity index (χ4n) is 3.38. The number of methoxy groups -OCH3 is 1. The summed E-state index contributed by atoms with van der Waals surface area (Å²) in [5, 5.41) is 0. The van der Waals surface area contributed by atoms with Crippen LogP contribution in [0.1, 0.15) is 45.1 Å². The summed E-state index contributed by atoms with van der Waals surface area (Å²) in [6.45, 7) is 6.34. The maximum atomic E-state index is 12.5. The van der Waals surface area contributed by atoms with Crippen LogP contribution in [0.25, 0.3) is 0 Å². The minimum absolute atomic E-state index is 0.0894. The predicted octanol–water partition coefficient (Wildman–Crippen LogP) is 4.88. The van der Waals surface area contributed by atoms with Gasteiger partial charge in [0.1, 0.15) is 0 Å². The normalized spacial score (nSPS) is 24.4. The third-order valence-corrected chi connectivity index (χ3v) is 4.63. The van der Waals surface area contributed by atoms with Crippen molar-refractivity contribution in [3.05, 3.63) is 59.2 Å². The molecule has 0 fully saturated rings. The Bertz CT molecular complexity index is 565. The molecule has 0 aliphatic heterocycles. The van der Waals surface area contributed by atoms with Crippen LogP contribution in [0.5, 0.6) is 0 Å². The number of benzene rings is 1. The van der Waals surface area contributed by atoms with Gasteiger partial charge in [-0.25, -0.2) is 0 Å². The highest BCUT2D eigenvalue weighted by Crippen LogP contribution is 2.43. The van der Waals surface area contributed by atoms with E-state index in [2.05, 4.69) is 45.1 Å². The molecule has 0 saturated heterocycles. The first kappa shape index (κ1) is 16.5. The number of carbonyl (C=O) groups excluding carboxylic acids is 1. The minimum atomic E-state index is -0.104. The van der Waals surface area contributed by atoms with E-state index < -0.39 is 0 Å². The molecule has 1 aromatic rings. The van der Waals surface area contributed by atoms with Gasteiger partial charge in [-0.15, -0.1) is 0 Å². The molecule has 0 amide bonds. The third kappa shape index (κ3) is 3.68. The molecule has 0 spiro atoms. The molecule has 0 heterocycles. The largest absolute Gasteiger partial charge is 0.469 e. The lowest BCUT2D eigenvalue weighted by atomic mass is 9.68. The summed E-state index contributed by atoms with van der Waals surface area (Å²) in [5.41, 5.74) is 3.82. The third-order valence-electron chi connectivity index (χ3n) is 4.63. The molecule has 0 bridgehead atoms. The van der Waals surface area contributed by atoms with E-state index in [-0.39, 0.29) is 23.7 Å². The van der Waals surface area contributed by atoms with Crippen LogP contribution < -0.4 is 0 Å². The summed E-state index contributed by atoms with van der Waals surface area (Å²) < 4.78 is 5.14. The number of rotatable bonds is 4. The summed E-state index contributed by atoms with van der Waals surface area (Å²) in [6, 6.07) is 10.3. The van der Waals surface area contributed by atoms with Crippen LogP contribution in [0.15, 0.2) is 53.6 Å². The van der Waals surface area contributed by atoms with Crippen molar-refractivity contribution in [1.82, 2.24) is 0 Å². The van der Waals surface area contributed by atoms with E-state index in [9.17, 15) is 4.79 Å². The molecule has 2 heteroatoms. The summed E-state index contributed by atoms with van der Waals surface area (Å²) in [7, 11) is 1.50. The van der Waals surface area contributed by atoms with E-state index in [1.807, 2.05) is 18.2 Å². The Morgan fingerprint density at radius 3 is 2.55 bits per heavy atom. The van der Waals surface area contributed by atoms with Gasteiger partial charge in [0.05, 0.1) is 13.0 Å². The van der Waals surface area contributed by atoms with Gasteiger partial charge >= 0.3 is 5.97 Å². The molecule has 2 nitrogen and oxygen atoms in total. The second-order valence-corrected chi connectivity index (χ2v) is 6.37.